The summed E-state index contributed by atoms with van der Waals surface area (Å²) >= 11 is 0. The van der Waals surface area contributed by atoms with E-state index >= 15 is 4.39 Å². The Morgan fingerprint density at radius 2 is 1.54 bits per heavy atom. The summed E-state index contributed by atoms with van der Waals surface area (Å²) in [6.45, 7) is 20.7. The second-order valence-electron chi connectivity index (χ2n) is 25.2. The van der Waals surface area contributed by atoms with Crippen LogP contribution in [0.3, 0.4) is 0 Å². The standard InChI is InChI=1S/C59H99FN8O17/c1-15-44-59(11,77)49(71)34(4)46(61)32(2)28-57(9,76)50(84-53-47(70)43(65(12)13)26-33(3)79-53)35(5)48(36(6)52(72)82-44)83-45-29-58(10,78-14)51(37(7)80-45)85-55(74)63-21-17-16-20-62-54(73)67-24-22-66(23-25-67)42-19-18-39(27-41(42)60)68-31-40(81-56(68)75)30-64-38(8)69/h18-19,27,32-37,40,43-51,53,70-71,76-77H,15-17,20-26,28-31,61H2,1-14H3,(H,62,73)(H,63,74)(H,64,69)/t32-,33?,34+,35+,36-,37?,40+,43?,44-,45?,46+,47?,48+,49-,50-,51?,53?,57-,58?,59-/m1/s1. The summed E-state index contributed by atoms with van der Waals surface area (Å²) < 4.78 is 65.3. The number of benzene rings is 1. The van der Waals surface area contributed by atoms with Crippen LogP contribution in [-0.2, 0) is 47.5 Å². The Labute approximate surface area is 500 Å². The maximum atomic E-state index is 15.4. The number of anilines is 2. The van der Waals surface area contributed by atoms with E-state index in [9.17, 15) is 44.4 Å². The van der Waals surface area contributed by atoms with Gasteiger partial charge in [0.2, 0.25) is 5.91 Å². The Balaban J connectivity index is 1.05. The number of carbonyl (C=O) groups is 5. The van der Waals surface area contributed by atoms with Gasteiger partial charge in [-0.15, -0.1) is 0 Å². The van der Waals surface area contributed by atoms with Crippen molar-refractivity contribution >= 4 is 41.5 Å². The van der Waals surface area contributed by atoms with Gasteiger partial charge < -0.3 is 94.7 Å². The number of aliphatic hydroxyl groups is 4. The topological polar surface area (TPSA) is 315 Å². The van der Waals surface area contributed by atoms with Crippen molar-refractivity contribution in [3.63, 3.8) is 0 Å². The van der Waals surface area contributed by atoms with Crippen LogP contribution in [0.1, 0.15) is 115 Å². The van der Waals surface area contributed by atoms with Gasteiger partial charge in [-0.2, -0.15) is 0 Å². The number of amides is 5. The lowest BCUT2D eigenvalue weighted by Crippen LogP contribution is -2.62. The van der Waals surface area contributed by atoms with E-state index in [2.05, 4.69) is 16.0 Å². The average Bonchev–Trinajstić information content (AvgIpc) is 3.98. The number of cyclic esters (lactones) is 2. The number of nitrogens with one attached hydrogen (secondary N) is 3. The molecule has 5 saturated heterocycles. The Morgan fingerprint density at radius 1 is 0.882 bits per heavy atom. The number of rotatable bonds is 17. The summed E-state index contributed by atoms with van der Waals surface area (Å²) in [6.07, 6.45) is -10.8. The minimum absolute atomic E-state index is 0.00541. The number of carbonyl (C=O) groups excluding carboxylic acids is 5. The molecule has 20 atom stereocenters. The molecule has 0 radical (unpaired) electrons. The molecule has 5 fully saturated rings. The van der Waals surface area contributed by atoms with E-state index in [-0.39, 0.29) is 63.0 Å². The number of hydrogen-bond donors (Lipinski definition) is 8. The van der Waals surface area contributed by atoms with Crippen LogP contribution in [0.25, 0.3) is 0 Å². The van der Waals surface area contributed by atoms with E-state index in [0.29, 0.717) is 63.4 Å². The first-order chi connectivity index (χ1) is 39.8. The maximum Gasteiger partial charge on any atom is 0.414 e. The predicted molar refractivity (Wildman–Crippen MR) is 311 cm³/mol. The molecule has 9 N–H and O–H groups in total. The number of esters is 1. The Kier molecular flexibility index (Phi) is 24.1. The van der Waals surface area contributed by atoms with Gasteiger partial charge in [0.15, 0.2) is 18.7 Å². The third-order valence-electron chi connectivity index (χ3n) is 18.1. The highest BCUT2D eigenvalue weighted by Crippen LogP contribution is 2.42. The summed E-state index contributed by atoms with van der Waals surface area (Å²) in [6, 6.07) is 3.13. The molecule has 5 aliphatic heterocycles. The van der Waals surface area contributed by atoms with Gasteiger partial charge in [-0.1, -0.05) is 27.7 Å². The highest BCUT2D eigenvalue weighted by molar-refractivity contribution is 5.90. The van der Waals surface area contributed by atoms with Crippen LogP contribution in [0.15, 0.2) is 18.2 Å². The zero-order valence-corrected chi connectivity index (χ0v) is 52.3. The van der Waals surface area contributed by atoms with Crippen molar-refractivity contribution in [2.24, 2.45) is 29.4 Å². The first kappa shape index (κ1) is 69.4. The van der Waals surface area contributed by atoms with Gasteiger partial charge in [0, 0.05) is 83.6 Å². The number of ether oxygens (including phenoxy) is 8. The third-order valence-corrected chi connectivity index (χ3v) is 18.1. The predicted octanol–water partition coefficient (Wildman–Crippen LogP) is 3.19. The molecule has 8 unspecified atom stereocenters. The zero-order valence-electron chi connectivity index (χ0n) is 52.3. The highest BCUT2D eigenvalue weighted by atomic mass is 19.1. The monoisotopic (exact) mass is 1210 g/mol. The molecule has 1 aromatic carbocycles. The molecular weight excluding hydrogens is 1110 g/mol. The summed E-state index contributed by atoms with van der Waals surface area (Å²) in [5.41, 5.74) is 2.62. The number of piperazine rings is 1. The lowest BCUT2D eigenvalue weighted by atomic mass is 9.72. The van der Waals surface area contributed by atoms with Crippen molar-refractivity contribution in [1.29, 1.82) is 0 Å². The largest absolute Gasteiger partial charge is 0.459 e. The number of halogens is 1. The smallest absolute Gasteiger partial charge is 0.414 e. The Morgan fingerprint density at radius 3 is 2.15 bits per heavy atom. The van der Waals surface area contributed by atoms with E-state index in [4.69, 9.17) is 43.6 Å². The van der Waals surface area contributed by atoms with Gasteiger partial charge in [-0.25, -0.2) is 18.8 Å². The molecule has 484 valence electrons. The molecule has 1 aromatic rings. The average molecular weight is 1210 g/mol. The van der Waals surface area contributed by atoms with Gasteiger partial charge >= 0.3 is 24.2 Å². The molecule has 0 bridgehead atoms. The summed E-state index contributed by atoms with van der Waals surface area (Å²) in [5.74, 6) is -4.76. The molecule has 0 saturated carbocycles. The van der Waals surface area contributed by atoms with Gasteiger partial charge in [0.1, 0.15) is 35.3 Å². The molecule has 0 aromatic heterocycles. The fourth-order valence-corrected chi connectivity index (χ4v) is 12.9. The number of methoxy groups -OCH3 is 1. The lowest BCUT2D eigenvalue weighted by molar-refractivity contribution is -0.318. The van der Waals surface area contributed by atoms with Crippen molar-refractivity contribution in [3.05, 3.63) is 24.0 Å². The van der Waals surface area contributed by atoms with Crippen LogP contribution in [0.2, 0.25) is 0 Å². The normalized spacial score (nSPS) is 38.0. The number of hydrogen-bond acceptors (Lipinski definition) is 20. The SMILES string of the molecule is CC[C@H]1OC(=O)[C@H](C)[C@@H](OC2CC(C)(OC)C(OC(=O)NCCCCNC(=O)N3CCN(c4ccc(N5C[C@H](CNC(C)=O)OC5=O)cc4F)CC3)C(C)O2)[C@H](C)[C@@H](OC2OC(C)CC(N(C)C)C2O)[C@](C)(O)C[C@@H](C)[C@H](N)[C@H](C)[C@@H](O)[C@]1(C)O. The number of alkyl carbamates (subject to hydrolysis) is 1. The van der Waals surface area contributed by atoms with Crippen LogP contribution in [0.4, 0.5) is 30.1 Å². The quantitative estimate of drug-likeness (QED) is 0.0631. The number of unbranched alkanes of at least 4 members (excludes halogenated alkanes) is 1. The van der Waals surface area contributed by atoms with Crippen LogP contribution < -0.4 is 31.5 Å². The number of likely N-dealkylation sites (N-methyl/N-ethyl adjacent to an activating group) is 1. The second-order valence-corrected chi connectivity index (χ2v) is 25.2. The summed E-state index contributed by atoms with van der Waals surface area (Å²) in [7, 11) is 5.18. The maximum absolute atomic E-state index is 15.4. The van der Waals surface area contributed by atoms with E-state index < -0.39 is 132 Å². The molecule has 5 amide bonds. The van der Waals surface area contributed by atoms with Gasteiger partial charge in [0.05, 0.1) is 66.5 Å². The van der Waals surface area contributed by atoms with Crippen LogP contribution in [-0.4, -0.2) is 230 Å². The van der Waals surface area contributed by atoms with Crippen molar-refractivity contribution in [1.82, 2.24) is 25.8 Å². The second kappa shape index (κ2) is 29.5. The number of nitrogens with zero attached hydrogens (tertiary/aromatic N) is 4. The van der Waals surface area contributed by atoms with Crippen molar-refractivity contribution < 1.29 is 86.7 Å². The number of urea groups is 1. The molecule has 85 heavy (non-hydrogen) atoms. The van der Waals surface area contributed by atoms with E-state index in [1.807, 2.05) is 37.7 Å². The fraction of sp³-hybridized carbons (Fsp3) is 0.814. The van der Waals surface area contributed by atoms with Gasteiger partial charge in [-0.05, 0) is 112 Å². The third kappa shape index (κ3) is 16.9. The molecule has 26 heteroatoms. The van der Waals surface area contributed by atoms with Crippen LogP contribution in [0, 0.1) is 29.5 Å². The highest BCUT2D eigenvalue weighted by Gasteiger charge is 2.54. The molecular formula is C59H99FN8O17. The minimum atomic E-state index is -1.93. The zero-order chi connectivity index (χ0) is 63.0. The minimum Gasteiger partial charge on any atom is -0.459 e. The Bertz CT molecular complexity index is 2400. The van der Waals surface area contributed by atoms with E-state index in [1.165, 1.54) is 31.9 Å². The van der Waals surface area contributed by atoms with Gasteiger partial charge in [0.25, 0.3) is 0 Å². The van der Waals surface area contributed by atoms with Crippen molar-refractivity contribution in [2.45, 2.75) is 211 Å². The van der Waals surface area contributed by atoms with Crippen molar-refractivity contribution in [2.75, 3.05) is 83.4 Å². The van der Waals surface area contributed by atoms with Gasteiger partial charge in [-0.3, -0.25) is 14.5 Å². The Hall–Kier alpha value is -4.74. The van der Waals surface area contributed by atoms with Crippen molar-refractivity contribution in [3.8, 4) is 0 Å². The first-order valence-electron chi connectivity index (χ1n) is 30.2. The summed E-state index contributed by atoms with van der Waals surface area (Å²) in [4.78, 5) is 71.5. The number of nitrogens with two attached hydrogens (primary N) is 1. The molecule has 5 aliphatic rings. The molecule has 5 heterocycles. The molecule has 6 rings (SSSR count). The molecule has 0 spiro atoms. The molecule has 0 aliphatic carbocycles. The van der Waals surface area contributed by atoms with Crippen LogP contribution >= 0.6 is 0 Å². The summed E-state index contributed by atoms with van der Waals surface area (Å²) in [5, 5.41) is 56.4. The lowest BCUT2D eigenvalue weighted by Gasteiger charge is -2.49. The van der Waals surface area contributed by atoms with Crippen LogP contribution in [0.5, 0.6) is 0 Å². The fourth-order valence-electron chi connectivity index (χ4n) is 12.9. The van der Waals surface area contributed by atoms with E-state index in [1.54, 1.807) is 65.5 Å². The first-order valence-corrected chi connectivity index (χ1v) is 30.2. The molecule has 25 nitrogen and oxygen atoms in total. The van der Waals surface area contributed by atoms with E-state index in [0.717, 1.165) is 0 Å². The number of aliphatic hydroxyl groups excluding tert-OH is 2.